The van der Waals surface area contributed by atoms with E-state index in [-0.39, 0.29) is 17.6 Å². The fourth-order valence-corrected chi connectivity index (χ4v) is 3.60. The zero-order valence-corrected chi connectivity index (χ0v) is 15.1. The van der Waals surface area contributed by atoms with Gasteiger partial charge in [0.25, 0.3) is 0 Å². The maximum absolute atomic E-state index is 12.7. The Morgan fingerprint density at radius 3 is 2.56 bits per heavy atom. The molecule has 3 rings (SSSR count). The second-order valence-corrected chi connectivity index (χ2v) is 6.97. The predicted octanol–water partition coefficient (Wildman–Crippen LogP) is 1.72. The van der Waals surface area contributed by atoms with Gasteiger partial charge in [0.15, 0.2) is 0 Å². The molecule has 1 aromatic carbocycles. The molecule has 0 radical (unpaired) electrons. The normalized spacial score (nSPS) is 20.7. The molecule has 1 saturated heterocycles. The van der Waals surface area contributed by atoms with E-state index >= 15 is 0 Å². The number of piperidine rings is 1. The number of amides is 1. The van der Waals surface area contributed by atoms with Crippen LogP contribution in [0, 0.1) is 5.92 Å². The summed E-state index contributed by atoms with van der Waals surface area (Å²) in [5.41, 5.74) is 1.82. The molecule has 6 heteroatoms. The molecule has 1 fully saturated rings. The van der Waals surface area contributed by atoms with Crippen LogP contribution in [-0.2, 0) is 17.9 Å². The molecular formula is C19H28N4O2. The molecule has 2 aromatic rings. The number of hydrogen-bond donors (Lipinski definition) is 2. The van der Waals surface area contributed by atoms with Gasteiger partial charge < -0.3 is 10.6 Å². The number of aryl methyl sites for hydroxylation is 2. The van der Waals surface area contributed by atoms with Crippen molar-refractivity contribution in [1.29, 1.82) is 0 Å². The highest BCUT2D eigenvalue weighted by molar-refractivity contribution is 5.78. The first-order valence-corrected chi connectivity index (χ1v) is 9.30. The highest BCUT2D eigenvalue weighted by Gasteiger charge is 2.22. The van der Waals surface area contributed by atoms with Crippen LogP contribution in [0.3, 0.4) is 0 Å². The van der Waals surface area contributed by atoms with Gasteiger partial charge in [-0.1, -0.05) is 26.0 Å². The number of aromatic nitrogens is 2. The molecule has 1 aromatic heterocycles. The highest BCUT2D eigenvalue weighted by Crippen LogP contribution is 2.14. The molecular weight excluding hydrogens is 316 g/mol. The van der Waals surface area contributed by atoms with E-state index in [4.69, 9.17) is 0 Å². The van der Waals surface area contributed by atoms with Crippen LogP contribution in [0.5, 0.6) is 0 Å². The SMILES string of the molecule is CCCn1c(=O)n(CCC(=O)NC2CNCCC2C)c2ccccc21. The van der Waals surface area contributed by atoms with Crippen molar-refractivity contribution < 1.29 is 4.79 Å². The summed E-state index contributed by atoms with van der Waals surface area (Å²) in [7, 11) is 0. The molecule has 2 N–H and O–H groups in total. The van der Waals surface area contributed by atoms with E-state index in [0.29, 0.717) is 25.4 Å². The molecule has 25 heavy (non-hydrogen) atoms. The Kier molecular flexibility index (Phi) is 5.58. The summed E-state index contributed by atoms with van der Waals surface area (Å²) in [5.74, 6) is 0.499. The van der Waals surface area contributed by atoms with E-state index in [1.54, 1.807) is 9.13 Å². The Labute approximate surface area is 148 Å². The number of benzene rings is 1. The summed E-state index contributed by atoms with van der Waals surface area (Å²) >= 11 is 0. The van der Waals surface area contributed by atoms with Crippen molar-refractivity contribution in [3.8, 4) is 0 Å². The summed E-state index contributed by atoms with van der Waals surface area (Å²) in [4.78, 5) is 25.1. The van der Waals surface area contributed by atoms with Gasteiger partial charge in [0.1, 0.15) is 0 Å². The van der Waals surface area contributed by atoms with Gasteiger partial charge >= 0.3 is 5.69 Å². The Hall–Kier alpha value is -2.08. The van der Waals surface area contributed by atoms with Gasteiger partial charge in [-0.3, -0.25) is 13.9 Å². The number of fused-ring (bicyclic) bond motifs is 1. The van der Waals surface area contributed by atoms with E-state index in [1.807, 2.05) is 24.3 Å². The molecule has 2 atom stereocenters. The van der Waals surface area contributed by atoms with Gasteiger partial charge in [0, 0.05) is 32.1 Å². The first kappa shape index (κ1) is 17.7. The van der Waals surface area contributed by atoms with Crippen LogP contribution in [0.25, 0.3) is 11.0 Å². The van der Waals surface area contributed by atoms with Crippen LogP contribution in [0.15, 0.2) is 29.1 Å². The van der Waals surface area contributed by atoms with Gasteiger partial charge in [-0.25, -0.2) is 4.79 Å². The molecule has 0 spiro atoms. The van der Waals surface area contributed by atoms with Gasteiger partial charge in [-0.2, -0.15) is 0 Å². The number of para-hydroxylation sites is 2. The second kappa shape index (κ2) is 7.87. The first-order chi connectivity index (χ1) is 12.1. The van der Waals surface area contributed by atoms with E-state index in [9.17, 15) is 9.59 Å². The van der Waals surface area contributed by atoms with Crippen LogP contribution >= 0.6 is 0 Å². The monoisotopic (exact) mass is 344 g/mol. The minimum atomic E-state index is -0.0245. The maximum atomic E-state index is 12.7. The molecule has 1 amide bonds. The minimum absolute atomic E-state index is 0.0137. The van der Waals surface area contributed by atoms with Crippen LogP contribution in [-0.4, -0.2) is 34.2 Å². The zero-order chi connectivity index (χ0) is 17.8. The first-order valence-electron chi connectivity index (χ1n) is 9.30. The average Bonchev–Trinajstić information content (AvgIpc) is 2.88. The predicted molar refractivity (Wildman–Crippen MR) is 99.7 cm³/mol. The van der Waals surface area contributed by atoms with Crippen molar-refractivity contribution >= 4 is 16.9 Å². The summed E-state index contributed by atoms with van der Waals surface area (Å²) in [6.07, 6.45) is 2.30. The number of nitrogens with one attached hydrogen (secondary N) is 2. The van der Waals surface area contributed by atoms with E-state index < -0.39 is 0 Å². The number of carbonyl (C=O) groups excluding carboxylic acids is 1. The summed E-state index contributed by atoms with van der Waals surface area (Å²) < 4.78 is 3.54. The lowest BCUT2D eigenvalue weighted by Gasteiger charge is -2.30. The molecule has 6 nitrogen and oxygen atoms in total. The van der Waals surface area contributed by atoms with Crippen molar-refractivity contribution in [2.75, 3.05) is 13.1 Å². The van der Waals surface area contributed by atoms with Crippen molar-refractivity contribution in [3.05, 3.63) is 34.7 Å². The lowest BCUT2D eigenvalue weighted by atomic mass is 9.95. The van der Waals surface area contributed by atoms with Crippen molar-refractivity contribution in [2.45, 2.75) is 52.2 Å². The average molecular weight is 344 g/mol. The van der Waals surface area contributed by atoms with Gasteiger partial charge in [-0.05, 0) is 37.4 Å². The zero-order valence-electron chi connectivity index (χ0n) is 15.1. The third-order valence-electron chi connectivity index (χ3n) is 5.11. The summed E-state index contributed by atoms with van der Waals surface area (Å²) in [5, 5.41) is 6.44. The van der Waals surface area contributed by atoms with Gasteiger partial charge in [0.2, 0.25) is 5.91 Å². The van der Waals surface area contributed by atoms with Crippen LogP contribution < -0.4 is 16.3 Å². The Balaban J connectivity index is 1.71. The van der Waals surface area contributed by atoms with E-state index in [1.165, 1.54) is 0 Å². The molecule has 0 saturated carbocycles. The van der Waals surface area contributed by atoms with Crippen LogP contribution in [0.4, 0.5) is 0 Å². The van der Waals surface area contributed by atoms with Crippen LogP contribution in [0.2, 0.25) is 0 Å². The molecule has 0 bridgehead atoms. The molecule has 1 aliphatic rings. The third kappa shape index (κ3) is 3.79. The lowest BCUT2D eigenvalue weighted by molar-refractivity contribution is -0.122. The number of imidazole rings is 1. The fourth-order valence-electron chi connectivity index (χ4n) is 3.60. The van der Waals surface area contributed by atoms with Crippen LogP contribution in [0.1, 0.15) is 33.1 Å². The Bertz CT molecular complexity index is 792. The largest absolute Gasteiger partial charge is 0.352 e. The van der Waals surface area contributed by atoms with Crippen molar-refractivity contribution in [3.63, 3.8) is 0 Å². The molecule has 2 unspecified atom stereocenters. The fraction of sp³-hybridized carbons (Fsp3) is 0.579. The van der Waals surface area contributed by atoms with E-state index in [2.05, 4.69) is 24.5 Å². The van der Waals surface area contributed by atoms with Crippen molar-refractivity contribution in [2.24, 2.45) is 5.92 Å². The molecule has 2 heterocycles. The molecule has 136 valence electrons. The Morgan fingerprint density at radius 2 is 1.92 bits per heavy atom. The van der Waals surface area contributed by atoms with Gasteiger partial charge in [0.05, 0.1) is 11.0 Å². The standard InChI is InChI=1S/C19H28N4O2/c1-3-11-22-16-6-4-5-7-17(16)23(19(22)25)12-9-18(24)21-15-13-20-10-8-14(15)2/h4-7,14-15,20H,3,8-13H2,1-2H3,(H,21,24). The van der Waals surface area contributed by atoms with E-state index in [0.717, 1.165) is 37.0 Å². The van der Waals surface area contributed by atoms with Gasteiger partial charge in [-0.15, -0.1) is 0 Å². The number of carbonyl (C=O) groups is 1. The third-order valence-corrected chi connectivity index (χ3v) is 5.11. The molecule has 1 aliphatic heterocycles. The number of rotatable bonds is 6. The summed E-state index contributed by atoms with van der Waals surface area (Å²) in [6.45, 7) is 7.18. The number of hydrogen-bond acceptors (Lipinski definition) is 3. The molecule has 0 aliphatic carbocycles. The maximum Gasteiger partial charge on any atom is 0.329 e. The smallest absolute Gasteiger partial charge is 0.329 e. The highest BCUT2D eigenvalue weighted by atomic mass is 16.2. The van der Waals surface area contributed by atoms with Crippen molar-refractivity contribution in [1.82, 2.24) is 19.8 Å². The quantitative estimate of drug-likeness (QED) is 0.838. The minimum Gasteiger partial charge on any atom is -0.352 e. The lowest BCUT2D eigenvalue weighted by Crippen LogP contribution is -2.50. The second-order valence-electron chi connectivity index (χ2n) is 6.97. The number of nitrogens with zero attached hydrogens (tertiary/aromatic N) is 2. The summed E-state index contributed by atoms with van der Waals surface area (Å²) in [6, 6.07) is 7.98. The topological polar surface area (TPSA) is 68.1 Å². The Morgan fingerprint density at radius 1 is 1.24 bits per heavy atom.